The molecule has 1 aliphatic rings. The van der Waals surface area contributed by atoms with Gasteiger partial charge >= 0.3 is 0 Å². The molecule has 4 rings (SSSR count). The zero-order valence-electron chi connectivity index (χ0n) is 16.9. The van der Waals surface area contributed by atoms with Crippen LogP contribution in [-0.4, -0.2) is 16.5 Å². The van der Waals surface area contributed by atoms with E-state index in [1.165, 1.54) is 12.1 Å². The van der Waals surface area contributed by atoms with Gasteiger partial charge in [-0.15, -0.1) is 0 Å². The molecule has 0 atom stereocenters. The molecule has 0 saturated carbocycles. The van der Waals surface area contributed by atoms with Crippen molar-refractivity contribution in [3.05, 3.63) is 86.9 Å². The topological polar surface area (TPSA) is 110 Å². The minimum Gasteiger partial charge on any atom is -0.455 e. The number of non-ortho nitro benzene ring substituents is 1. The molecule has 8 nitrogen and oxygen atoms in total. The number of amides is 1. The molecule has 32 heavy (non-hydrogen) atoms. The number of hydrogen-bond donors (Lipinski definition) is 2. The molecule has 0 saturated heterocycles. The normalized spacial score (nSPS) is 14.2. The smallest absolute Gasteiger partial charge is 0.291 e. The summed E-state index contributed by atoms with van der Waals surface area (Å²) in [5.74, 6) is -1.65. The van der Waals surface area contributed by atoms with E-state index in [4.69, 9.17) is 4.42 Å². The molecule has 0 fully saturated rings. The molecule has 10 heteroatoms. The van der Waals surface area contributed by atoms with Crippen molar-refractivity contribution in [3.63, 3.8) is 0 Å². The van der Waals surface area contributed by atoms with E-state index in [-0.39, 0.29) is 17.1 Å². The summed E-state index contributed by atoms with van der Waals surface area (Å²) in [6.45, 7) is 1.71. The maximum Gasteiger partial charge on any atom is 0.291 e. The van der Waals surface area contributed by atoms with Crippen molar-refractivity contribution in [1.29, 1.82) is 0 Å². The SMILES string of the molecule is Cc1c(C(=O)Nc2ccc(F)cc2F)oc2c1/C(=N/Nc1ccc([N+](=O)[O-])cc1)CCC2. The fourth-order valence-electron chi connectivity index (χ4n) is 3.56. The van der Waals surface area contributed by atoms with E-state index >= 15 is 0 Å². The number of benzene rings is 2. The molecule has 0 bridgehead atoms. The van der Waals surface area contributed by atoms with E-state index in [1.807, 2.05) is 0 Å². The van der Waals surface area contributed by atoms with Crippen LogP contribution in [0.2, 0.25) is 0 Å². The van der Waals surface area contributed by atoms with Gasteiger partial charge < -0.3 is 9.73 Å². The molecule has 0 aliphatic heterocycles. The molecule has 164 valence electrons. The Bertz CT molecular complexity index is 1240. The van der Waals surface area contributed by atoms with Crippen LogP contribution >= 0.6 is 0 Å². The van der Waals surface area contributed by atoms with E-state index < -0.39 is 22.5 Å². The summed E-state index contributed by atoms with van der Waals surface area (Å²) >= 11 is 0. The lowest BCUT2D eigenvalue weighted by atomic mass is 9.93. The number of nitro groups is 1. The lowest BCUT2D eigenvalue weighted by Crippen LogP contribution is -2.15. The largest absolute Gasteiger partial charge is 0.455 e. The molecule has 3 aromatic rings. The predicted octanol–water partition coefficient (Wildman–Crippen LogP) is 5.18. The monoisotopic (exact) mass is 440 g/mol. The van der Waals surface area contributed by atoms with Gasteiger partial charge in [-0.1, -0.05) is 0 Å². The summed E-state index contributed by atoms with van der Waals surface area (Å²) in [5, 5.41) is 17.6. The molecule has 1 heterocycles. The van der Waals surface area contributed by atoms with Crippen molar-refractivity contribution >= 4 is 28.7 Å². The average Bonchev–Trinajstić information content (AvgIpc) is 3.12. The van der Waals surface area contributed by atoms with Gasteiger partial charge in [0.15, 0.2) is 5.76 Å². The van der Waals surface area contributed by atoms with Crippen molar-refractivity contribution < 1.29 is 22.9 Å². The van der Waals surface area contributed by atoms with Crippen LogP contribution in [0.25, 0.3) is 0 Å². The lowest BCUT2D eigenvalue weighted by Gasteiger charge is -2.13. The first-order valence-electron chi connectivity index (χ1n) is 9.79. The maximum absolute atomic E-state index is 13.9. The summed E-state index contributed by atoms with van der Waals surface area (Å²) in [6, 6.07) is 8.71. The fraction of sp³-hybridized carbons (Fsp3) is 0.182. The molecule has 1 amide bonds. The van der Waals surface area contributed by atoms with Crippen LogP contribution in [0, 0.1) is 28.7 Å². The van der Waals surface area contributed by atoms with Crippen LogP contribution in [0.5, 0.6) is 0 Å². The number of halogens is 2. The summed E-state index contributed by atoms with van der Waals surface area (Å²) in [6.07, 6.45) is 2.01. The predicted molar refractivity (Wildman–Crippen MR) is 114 cm³/mol. The third kappa shape index (κ3) is 4.20. The summed E-state index contributed by atoms with van der Waals surface area (Å²) in [4.78, 5) is 23.0. The van der Waals surface area contributed by atoms with E-state index in [0.29, 0.717) is 47.2 Å². The highest BCUT2D eigenvalue weighted by Gasteiger charge is 2.28. The van der Waals surface area contributed by atoms with Crippen molar-refractivity contribution in [1.82, 2.24) is 0 Å². The number of hydrazone groups is 1. The van der Waals surface area contributed by atoms with Gasteiger partial charge in [0.2, 0.25) is 0 Å². The Morgan fingerprint density at radius 3 is 2.59 bits per heavy atom. The van der Waals surface area contributed by atoms with Crippen LogP contribution in [0.4, 0.5) is 25.8 Å². The molecular weight excluding hydrogens is 422 g/mol. The van der Waals surface area contributed by atoms with E-state index in [0.717, 1.165) is 18.6 Å². The number of fused-ring (bicyclic) bond motifs is 1. The summed E-state index contributed by atoms with van der Waals surface area (Å²) in [5.41, 5.74) is 5.21. The Balaban J connectivity index is 1.57. The standard InChI is InChI=1S/C22H18F2N4O4/c1-12-20-18(27-26-14-6-8-15(9-7-14)28(30)31)3-2-4-19(20)32-21(12)22(29)25-17-10-5-13(23)11-16(17)24/h5-11,26H,2-4H2,1H3,(H,25,29)/b27-18+. The average molecular weight is 440 g/mol. The number of rotatable bonds is 5. The number of nitro benzene ring substituents is 1. The van der Waals surface area contributed by atoms with Crippen molar-refractivity contribution in [2.45, 2.75) is 26.2 Å². The minimum absolute atomic E-state index is 0.0259. The van der Waals surface area contributed by atoms with Crippen LogP contribution in [-0.2, 0) is 6.42 Å². The number of nitrogens with zero attached hydrogens (tertiary/aromatic N) is 2. The Kier molecular flexibility index (Phi) is 5.67. The Morgan fingerprint density at radius 2 is 1.91 bits per heavy atom. The Morgan fingerprint density at radius 1 is 1.16 bits per heavy atom. The Labute approximate surface area is 181 Å². The van der Waals surface area contributed by atoms with E-state index in [1.54, 1.807) is 19.1 Å². The van der Waals surface area contributed by atoms with Gasteiger partial charge in [0.25, 0.3) is 11.6 Å². The first-order valence-corrected chi connectivity index (χ1v) is 9.79. The highest BCUT2D eigenvalue weighted by molar-refractivity contribution is 6.09. The molecule has 2 aromatic carbocycles. The van der Waals surface area contributed by atoms with Crippen LogP contribution < -0.4 is 10.7 Å². The van der Waals surface area contributed by atoms with Crippen molar-refractivity contribution in [3.8, 4) is 0 Å². The minimum atomic E-state index is -0.887. The molecule has 1 aromatic heterocycles. The molecular formula is C22H18F2N4O4. The van der Waals surface area contributed by atoms with Gasteiger partial charge in [-0.3, -0.25) is 20.3 Å². The van der Waals surface area contributed by atoms with Crippen molar-refractivity contribution in [2.24, 2.45) is 5.10 Å². The second kappa shape index (κ2) is 8.58. The van der Waals surface area contributed by atoms with Crippen LogP contribution in [0.15, 0.2) is 52.0 Å². The fourth-order valence-corrected chi connectivity index (χ4v) is 3.56. The lowest BCUT2D eigenvalue weighted by molar-refractivity contribution is -0.384. The number of anilines is 2. The summed E-state index contributed by atoms with van der Waals surface area (Å²) < 4.78 is 32.8. The maximum atomic E-state index is 13.9. The zero-order chi connectivity index (χ0) is 22.8. The van der Waals surface area contributed by atoms with Gasteiger partial charge in [-0.25, -0.2) is 8.78 Å². The quantitative estimate of drug-likeness (QED) is 0.420. The van der Waals surface area contributed by atoms with Crippen molar-refractivity contribution in [2.75, 3.05) is 10.7 Å². The first kappa shape index (κ1) is 21.2. The molecule has 0 radical (unpaired) electrons. The highest BCUT2D eigenvalue weighted by atomic mass is 19.1. The van der Waals surface area contributed by atoms with E-state index in [9.17, 15) is 23.7 Å². The number of furan rings is 1. The molecule has 1 aliphatic carbocycles. The van der Waals surface area contributed by atoms with Gasteiger partial charge in [0.1, 0.15) is 17.4 Å². The number of carbonyl (C=O) groups is 1. The van der Waals surface area contributed by atoms with Crippen LogP contribution in [0.3, 0.4) is 0 Å². The first-order chi connectivity index (χ1) is 15.3. The van der Waals surface area contributed by atoms with E-state index in [2.05, 4.69) is 15.8 Å². The summed E-state index contributed by atoms with van der Waals surface area (Å²) in [7, 11) is 0. The zero-order valence-corrected chi connectivity index (χ0v) is 16.9. The van der Waals surface area contributed by atoms with Gasteiger partial charge in [-0.05, 0) is 44.0 Å². The molecule has 0 spiro atoms. The number of aryl methyl sites for hydroxylation is 1. The van der Waals surface area contributed by atoms with Gasteiger partial charge in [-0.2, -0.15) is 5.10 Å². The molecule has 0 unspecified atom stereocenters. The second-order valence-electron chi connectivity index (χ2n) is 7.26. The Hall–Kier alpha value is -4.08. The third-order valence-corrected chi connectivity index (χ3v) is 5.11. The third-order valence-electron chi connectivity index (χ3n) is 5.11. The number of carbonyl (C=O) groups excluding carboxylic acids is 1. The van der Waals surface area contributed by atoms with Crippen LogP contribution in [0.1, 0.15) is 40.3 Å². The molecule has 2 N–H and O–H groups in total. The second-order valence-corrected chi connectivity index (χ2v) is 7.26. The highest BCUT2D eigenvalue weighted by Crippen LogP contribution is 2.31. The van der Waals surface area contributed by atoms with Gasteiger partial charge in [0.05, 0.1) is 22.0 Å². The number of hydrogen-bond acceptors (Lipinski definition) is 6. The van der Waals surface area contributed by atoms with Gasteiger partial charge in [0, 0.05) is 35.7 Å². The number of nitrogens with one attached hydrogen (secondary N) is 2.